The van der Waals surface area contributed by atoms with Crippen LogP contribution in [0.5, 0.6) is 0 Å². The molecule has 2 rings (SSSR count). The standard InChI is InChI=1S/C15H20ClN3OS/c1-11(2)14-17-18-15(19(14)8-9-20-3)21-10-12-4-6-13(16)7-5-12/h4-7,11H,8-10H2,1-3H3. The summed E-state index contributed by atoms with van der Waals surface area (Å²) in [6, 6.07) is 7.89. The third-order valence-corrected chi connectivity index (χ3v) is 4.35. The second-order valence-corrected chi connectivity index (χ2v) is 6.43. The van der Waals surface area contributed by atoms with Crippen LogP contribution in [0.1, 0.15) is 31.2 Å². The summed E-state index contributed by atoms with van der Waals surface area (Å²) >= 11 is 7.59. The van der Waals surface area contributed by atoms with Crippen LogP contribution < -0.4 is 0 Å². The van der Waals surface area contributed by atoms with Gasteiger partial charge in [-0.3, -0.25) is 0 Å². The molecule has 0 N–H and O–H groups in total. The molecule has 2 aromatic rings. The van der Waals surface area contributed by atoms with Crippen LogP contribution in [-0.4, -0.2) is 28.5 Å². The lowest BCUT2D eigenvalue weighted by atomic mass is 10.2. The van der Waals surface area contributed by atoms with Crippen molar-refractivity contribution in [2.24, 2.45) is 0 Å². The quantitative estimate of drug-likeness (QED) is 0.721. The van der Waals surface area contributed by atoms with Crippen molar-refractivity contribution in [1.29, 1.82) is 0 Å². The van der Waals surface area contributed by atoms with Crippen LogP contribution in [0.15, 0.2) is 29.4 Å². The highest BCUT2D eigenvalue weighted by Gasteiger charge is 2.15. The third kappa shape index (κ3) is 4.46. The van der Waals surface area contributed by atoms with Crippen LogP contribution in [0.4, 0.5) is 0 Å². The molecule has 0 radical (unpaired) electrons. The topological polar surface area (TPSA) is 39.9 Å². The molecule has 0 amide bonds. The number of rotatable bonds is 7. The fourth-order valence-corrected chi connectivity index (χ4v) is 3.01. The van der Waals surface area contributed by atoms with Gasteiger partial charge in [0.25, 0.3) is 0 Å². The number of thioether (sulfide) groups is 1. The Hall–Kier alpha value is -1.04. The molecule has 0 aliphatic carbocycles. The van der Waals surface area contributed by atoms with Crippen molar-refractivity contribution < 1.29 is 4.74 Å². The van der Waals surface area contributed by atoms with Crippen molar-refractivity contribution in [2.45, 2.75) is 37.2 Å². The molecule has 0 bridgehead atoms. The van der Waals surface area contributed by atoms with Crippen molar-refractivity contribution in [3.8, 4) is 0 Å². The molecule has 21 heavy (non-hydrogen) atoms. The zero-order valence-corrected chi connectivity index (χ0v) is 14.1. The Morgan fingerprint density at radius 1 is 1.24 bits per heavy atom. The Morgan fingerprint density at radius 3 is 2.57 bits per heavy atom. The van der Waals surface area contributed by atoms with Crippen LogP contribution in [0.2, 0.25) is 5.02 Å². The fraction of sp³-hybridized carbons (Fsp3) is 0.467. The Bertz CT molecular complexity index is 569. The van der Waals surface area contributed by atoms with Gasteiger partial charge in [0.1, 0.15) is 5.82 Å². The van der Waals surface area contributed by atoms with Gasteiger partial charge in [-0.2, -0.15) is 0 Å². The second-order valence-electron chi connectivity index (χ2n) is 5.06. The predicted octanol–water partition coefficient (Wildman–Crippen LogP) is 3.99. The highest BCUT2D eigenvalue weighted by atomic mass is 35.5. The van der Waals surface area contributed by atoms with Gasteiger partial charge in [-0.1, -0.05) is 49.3 Å². The van der Waals surface area contributed by atoms with Gasteiger partial charge < -0.3 is 9.30 Å². The summed E-state index contributed by atoms with van der Waals surface area (Å²) in [4.78, 5) is 0. The summed E-state index contributed by atoms with van der Waals surface area (Å²) < 4.78 is 7.33. The van der Waals surface area contributed by atoms with Gasteiger partial charge >= 0.3 is 0 Å². The summed E-state index contributed by atoms with van der Waals surface area (Å²) in [6.45, 7) is 5.69. The Kier molecular flexibility index (Phi) is 6.08. The number of halogens is 1. The van der Waals surface area contributed by atoms with E-state index in [-0.39, 0.29) is 0 Å². The molecular weight excluding hydrogens is 306 g/mol. The van der Waals surface area contributed by atoms with Gasteiger partial charge in [-0.05, 0) is 17.7 Å². The minimum Gasteiger partial charge on any atom is -0.383 e. The molecule has 4 nitrogen and oxygen atoms in total. The van der Waals surface area contributed by atoms with Gasteiger partial charge in [0.15, 0.2) is 5.16 Å². The number of benzene rings is 1. The van der Waals surface area contributed by atoms with Crippen LogP contribution in [-0.2, 0) is 17.0 Å². The highest BCUT2D eigenvalue weighted by molar-refractivity contribution is 7.98. The van der Waals surface area contributed by atoms with E-state index in [4.69, 9.17) is 16.3 Å². The lowest BCUT2D eigenvalue weighted by Crippen LogP contribution is -2.10. The van der Waals surface area contributed by atoms with E-state index in [0.29, 0.717) is 12.5 Å². The number of nitrogens with zero attached hydrogens (tertiary/aromatic N) is 3. The van der Waals surface area contributed by atoms with Crippen LogP contribution >= 0.6 is 23.4 Å². The molecule has 1 aromatic carbocycles. The normalized spacial score (nSPS) is 11.3. The maximum atomic E-state index is 5.90. The fourth-order valence-electron chi connectivity index (χ4n) is 1.96. The predicted molar refractivity (Wildman–Crippen MR) is 87.0 cm³/mol. The van der Waals surface area contributed by atoms with Crippen LogP contribution in [0.25, 0.3) is 0 Å². The van der Waals surface area contributed by atoms with Crippen molar-refractivity contribution >= 4 is 23.4 Å². The molecule has 0 unspecified atom stereocenters. The van der Waals surface area contributed by atoms with E-state index in [1.54, 1.807) is 18.9 Å². The summed E-state index contributed by atoms with van der Waals surface area (Å²) in [5, 5.41) is 10.3. The minimum absolute atomic E-state index is 0.347. The summed E-state index contributed by atoms with van der Waals surface area (Å²) in [6.07, 6.45) is 0. The number of hydrogen-bond acceptors (Lipinski definition) is 4. The largest absolute Gasteiger partial charge is 0.383 e. The molecule has 6 heteroatoms. The van der Waals surface area contributed by atoms with Gasteiger partial charge in [-0.15, -0.1) is 10.2 Å². The third-order valence-electron chi connectivity index (χ3n) is 3.06. The Balaban J connectivity index is 2.09. The lowest BCUT2D eigenvalue weighted by Gasteiger charge is -2.11. The smallest absolute Gasteiger partial charge is 0.191 e. The molecule has 0 fully saturated rings. The summed E-state index contributed by atoms with van der Waals surface area (Å²) in [5.74, 6) is 2.20. The monoisotopic (exact) mass is 325 g/mol. The van der Waals surface area contributed by atoms with Crippen molar-refractivity contribution in [1.82, 2.24) is 14.8 Å². The SMILES string of the molecule is COCCn1c(SCc2ccc(Cl)cc2)nnc1C(C)C. The molecule has 0 atom stereocenters. The lowest BCUT2D eigenvalue weighted by molar-refractivity contribution is 0.183. The number of hydrogen-bond donors (Lipinski definition) is 0. The zero-order chi connectivity index (χ0) is 15.2. The Labute approximate surface area is 134 Å². The first-order valence-corrected chi connectivity index (χ1v) is 8.27. The molecule has 0 saturated heterocycles. The van der Waals surface area contributed by atoms with E-state index in [2.05, 4.69) is 28.6 Å². The molecule has 0 aliphatic rings. The highest BCUT2D eigenvalue weighted by Crippen LogP contribution is 2.25. The average Bonchev–Trinajstić information content (AvgIpc) is 2.87. The summed E-state index contributed by atoms with van der Waals surface area (Å²) in [5.41, 5.74) is 1.22. The van der Waals surface area contributed by atoms with Gasteiger partial charge in [-0.25, -0.2) is 0 Å². The molecule has 114 valence electrons. The van der Waals surface area contributed by atoms with Crippen molar-refractivity contribution in [2.75, 3.05) is 13.7 Å². The van der Waals surface area contributed by atoms with Crippen molar-refractivity contribution in [3.63, 3.8) is 0 Å². The van der Waals surface area contributed by atoms with Gasteiger partial charge in [0, 0.05) is 30.3 Å². The molecule has 1 aromatic heterocycles. The average molecular weight is 326 g/mol. The van der Waals surface area contributed by atoms with Crippen LogP contribution in [0.3, 0.4) is 0 Å². The van der Waals surface area contributed by atoms with Crippen LogP contribution in [0, 0.1) is 0 Å². The molecule has 1 heterocycles. The van der Waals surface area contributed by atoms with E-state index in [1.807, 2.05) is 24.3 Å². The van der Waals surface area contributed by atoms with E-state index in [1.165, 1.54) is 5.56 Å². The van der Waals surface area contributed by atoms with E-state index >= 15 is 0 Å². The van der Waals surface area contributed by atoms with E-state index in [0.717, 1.165) is 28.3 Å². The maximum absolute atomic E-state index is 5.90. The first-order valence-electron chi connectivity index (χ1n) is 6.91. The second kappa shape index (κ2) is 7.82. The van der Waals surface area contributed by atoms with Crippen molar-refractivity contribution in [3.05, 3.63) is 40.7 Å². The van der Waals surface area contributed by atoms with Gasteiger partial charge in [0.2, 0.25) is 0 Å². The Morgan fingerprint density at radius 2 is 1.95 bits per heavy atom. The molecule has 0 aliphatic heterocycles. The number of ether oxygens (including phenoxy) is 1. The van der Waals surface area contributed by atoms with E-state index in [9.17, 15) is 0 Å². The molecular formula is C15H20ClN3OS. The first-order chi connectivity index (χ1) is 10.1. The number of methoxy groups -OCH3 is 1. The summed E-state index contributed by atoms with van der Waals surface area (Å²) in [7, 11) is 1.71. The molecule has 0 saturated carbocycles. The molecule has 0 spiro atoms. The minimum atomic E-state index is 0.347. The zero-order valence-electron chi connectivity index (χ0n) is 12.5. The maximum Gasteiger partial charge on any atom is 0.191 e. The van der Waals surface area contributed by atoms with Gasteiger partial charge in [0.05, 0.1) is 6.61 Å². The number of aromatic nitrogens is 3. The van der Waals surface area contributed by atoms with E-state index < -0.39 is 0 Å². The first kappa shape index (κ1) is 16.3.